The summed E-state index contributed by atoms with van der Waals surface area (Å²) in [6.07, 6.45) is 10.2. The van der Waals surface area contributed by atoms with Gasteiger partial charge in [-0.25, -0.2) is 0 Å². The Morgan fingerprint density at radius 2 is 1.40 bits per heavy atom. The predicted molar refractivity (Wildman–Crippen MR) is 120 cm³/mol. The monoisotopic (exact) mass is 423 g/mol. The fraction of sp³-hybridized carbons (Fsp3) is 0.524. The molecule has 0 saturated carbocycles. The molecule has 25 heavy (non-hydrogen) atoms. The van der Waals surface area contributed by atoms with Crippen molar-refractivity contribution in [2.45, 2.75) is 59.3 Å². The second-order valence-corrected chi connectivity index (χ2v) is 31.0. The van der Waals surface area contributed by atoms with Gasteiger partial charge in [0.05, 0.1) is 0 Å². The first-order valence-electron chi connectivity index (χ1n) is 9.08. The van der Waals surface area contributed by atoms with Crippen molar-refractivity contribution in [3.63, 3.8) is 0 Å². The van der Waals surface area contributed by atoms with Crippen LogP contribution in [0.4, 0.5) is 5.69 Å². The van der Waals surface area contributed by atoms with Crippen LogP contribution in [0.25, 0.3) is 0 Å². The van der Waals surface area contributed by atoms with Crippen LogP contribution in [0.15, 0.2) is 40.3 Å². The molecule has 0 bridgehead atoms. The van der Waals surface area contributed by atoms with E-state index in [1.54, 1.807) is 3.88 Å². The molecular formula is C21H39Cl2NTi. The van der Waals surface area contributed by atoms with Crippen molar-refractivity contribution in [3.8, 4) is 0 Å². The molecule has 0 spiro atoms. The first-order valence-corrected chi connectivity index (χ1v) is 17.7. The number of nitrogens with one attached hydrogen (secondary N) is 1. The summed E-state index contributed by atoms with van der Waals surface area (Å²) in [5.74, 6) is 0. The van der Waals surface area contributed by atoms with E-state index in [0.717, 1.165) is 12.8 Å². The van der Waals surface area contributed by atoms with Crippen LogP contribution in [0.5, 0.6) is 0 Å². The van der Waals surface area contributed by atoms with Crippen molar-refractivity contribution in [3.05, 3.63) is 51.4 Å². The molecule has 1 nitrogen and oxygen atoms in total. The van der Waals surface area contributed by atoms with Gasteiger partial charge in [-0.3, -0.25) is 0 Å². The molecule has 1 aliphatic rings. The summed E-state index contributed by atoms with van der Waals surface area (Å²) in [5.41, 5.74) is 4.15. The first kappa shape index (κ1) is 27.0. The van der Waals surface area contributed by atoms with Gasteiger partial charge in [-0.1, -0.05) is 32.0 Å². The molecule has 0 heterocycles. The summed E-state index contributed by atoms with van der Waals surface area (Å²) in [6, 6.07) is 6.51. The number of hydrogen-bond donors (Lipinski definition) is 1. The number of anilines is 1. The first-order chi connectivity index (χ1) is 10.4. The van der Waals surface area contributed by atoms with E-state index in [9.17, 15) is 0 Å². The summed E-state index contributed by atoms with van der Waals surface area (Å²) in [5, 5.41) is 15.7. The molecule has 1 N–H and O–H groups in total. The molecule has 0 aromatic heterocycles. The molecule has 1 aliphatic carbocycles. The Balaban J connectivity index is 0. The van der Waals surface area contributed by atoms with Gasteiger partial charge in [0, 0.05) is 12.7 Å². The molecular weight excluding hydrogens is 385 g/mol. The van der Waals surface area contributed by atoms with Crippen molar-refractivity contribution in [1.29, 1.82) is 0 Å². The Labute approximate surface area is 167 Å². The average molecular weight is 424 g/mol. The molecule has 0 radical (unpaired) electrons. The van der Waals surface area contributed by atoms with Gasteiger partial charge in [0.15, 0.2) is 0 Å². The Morgan fingerprint density at radius 1 is 0.920 bits per heavy atom. The molecule has 146 valence electrons. The average Bonchev–Trinajstić information content (AvgIpc) is 3.00. The van der Waals surface area contributed by atoms with Crippen molar-refractivity contribution in [2.75, 3.05) is 12.4 Å². The van der Waals surface area contributed by atoms with Crippen LogP contribution < -0.4 is 5.32 Å². The molecule has 0 atom stereocenters. The minimum absolute atomic E-state index is 0. The topological polar surface area (TPSA) is 12.0 Å². The molecule has 2 rings (SSSR count). The number of allylic oxidation sites excluding steroid dienone is 4. The maximum absolute atomic E-state index is 3.27. The second-order valence-electron chi connectivity index (χ2n) is 10.5. The van der Waals surface area contributed by atoms with Crippen LogP contribution in [0, 0.1) is 0 Å². The normalized spacial score (nSPS) is 15.4. The van der Waals surface area contributed by atoms with Gasteiger partial charge in [0.25, 0.3) is 0 Å². The molecule has 0 saturated heterocycles. The van der Waals surface area contributed by atoms with E-state index < -0.39 is 14.0 Å². The van der Waals surface area contributed by atoms with Crippen molar-refractivity contribution in [1.82, 2.24) is 0 Å². The molecule has 0 aliphatic heterocycles. The van der Waals surface area contributed by atoms with Crippen LogP contribution >= 0.6 is 24.8 Å². The van der Waals surface area contributed by atoms with Crippen LogP contribution in [-0.4, -0.2) is 7.05 Å². The van der Waals surface area contributed by atoms with Gasteiger partial charge in [0.1, 0.15) is 0 Å². The summed E-state index contributed by atoms with van der Waals surface area (Å²) < 4.78 is 1.70. The zero-order valence-corrected chi connectivity index (χ0v) is 20.6. The Hall–Kier alpha value is -0.206. The summed E-state index contributed by atoms with van der Waals surface area (Å²) >= 11 is -2.61. The second kappa shape index (κ2) is 9.13. The van der Waals surface area contributed by atoms with Crippen LogP contribution in [-0.2, 0) is 26.9 Å². The van der Waals surface area contributed by atoms with E-state index in [1.165, 1.54) is 23.2 Å². The van der Waals surface area contributed by atoms with E-state index in [4.69, 9.17) is 0 Å². The molecule has 1 aromatic rings. The van der Waals surface area contributed by atoms with Crippen LogP contribution in [0.1, 0.15) is 31.4 Å². The van der Waals surface area contributed by atoms with Gasteiger partial charge < -0.3 is 5.32 Å². The number of halogens is 2. The zero-order chi connectivity index (χ0) is 17.8. The summed E-state index contributed by atoms with van der Waals surface area (Å²) in [6.45, 7) is 4.38. The zero-order valence-electron chi connectivity index (χ0n) is 17.4. The third-order valence-electron chi connectivity index (χ3n) is 4.63. The number of rotatable bonds is 4. The number of aryl methyl sites for hydroxylation is 2. The van der Waals surface area contributed by atoms with Gasteiger partial charge in [0.2, 0.25) is 0 Å². The van der Waals surface area contributed by atoms with E-state index in [0.29, 0.717) is 0 Å². The fourth-order valence-corrected chi connectivity index (χ4v) is 6.17. The van der Waals surface area contributed by atoms with Crippen molar-refractivity contribution < 1.29 is 14.0 Å². The Bertz CT molecular complexity index is 588. The minimum atomic E-state index is -2.61. The quantitative estimate of drug-likeness (QED) is 0.483. The summed E-state index contributed by atoms with van der Waals surface area (Å²) in [7, 11) is 1.99. The number of hydrogen-bond acceptors (Lipinski definition) is 1. The van der Waals surface area contributed by atoms with Gasteiger partial charge in [-0.2, -0.15) is 0 Å². The molecule has 4 heteroatoms. The maximum atomic E-state index is 3.27. The van der Waals surface area contributed by atoms with Crippen LogP contribution in [0.2, 0.25) is 26.1 Å². The fourth-order valence-electron chi connectivity index (χ4n) is 2.94. The SMILES string of the molecule is CCc1cccc(CC)c1NC.Cl.Cl.[CH3][Ti]([CH3])([CH3])([CH3])([CH3])[C]1=CC=CC1. The predicted octanol–water partition coefficient (Wildman–Crippen LogP) is 7.99. The van der Waals surface area contributed by atoms with Gasteiger partial charge >= 0.3 is 68.7 Å². The third-order valence-corrected chi connectivity index (χ3v) is 10.2. The van der Waals surface area contributed by atoms with Crippen LogP contribution in [0.3, 0.4) is 0 Å². The number of benzene rings is 1. The third kappa shape index (κ3) is 8.35. The van der Waals surface area contributed by atoms with Gasteiger partial charge in [-0.05, 0) is 24.0 Å². The van der Waals surface area contributed by atoms with E-state index in [-0.39, 0.29) is 24.8 Å². The Kier molecular flexibility index (Phi) is 9.87. The van der Waals surface area contributed by atoms with E-state index in [2.05, 4.69) is 81.7 Å². The molecule has 0 fully saturated rings. The molecule has 0 unspecified atom stereocenters. The molecule has 1 aromatic carbocycles. The van der Waals surface area contributed by atoms with E-state index >= 15 is 0 Å². The Morgan fingerprint density at radius 3 is 1.64 bits per heavy atom. The standard InChI is InChI=1S/C11H17N.C5H5.5CH3.2ClH.Ti/c1-4-9-7-6-8-10(5-2)11(9)12-3;1-2-4-5-3-1;;;;;;;;/h6-8,12H,4-5H2,1-3H3;1-3H,4H2;5*1H3;2*1H;. The van der Waals surface area contributed by atoms with Gasteiger partial charge in [-0.15, -0.1) is 24.8 Å². The summed E-state index contributed by atoms with van der Waals surface area (Å²) in [4.78, 5) is 0. The van der Waals surface area contributed by atoms with Crippen molar-refractivity contribution in [2.24, 2.45) is 0 Å². The van der Waals surface area contributed by atoms with E-state index in [1.807, 2.05) is 7.05 Å². The van der Waals surface area contributed by atoms with Crippen molar-refractivity contribution >= 4 is 30.5 Å². The molecule has 0 amide bonds. The number of para-hydroxylation sites is 1.